The molecule has 0 saturated carbocycles. The maximum absolute atomic E-state index is 12.4. The van der Waals surface area contributed by atoms with Crippen molar-refractivity contribution in [2.24, 2.45) is 0 Å². The van der Waals surface area contributed by atoms with E-state index in [0.717, 1.165) is 25.7 Å². The van der Waals surface area contributed by atoms with E-state index in [9.17, 15) is 19.7 Å². The predicted molar refractivity (Wildman–Crippen MR) is 114 cm³/mol. The first-order chi connectivity index (χ1) is 14.3. The van der Waals surface area contributed by atoms with Crippen LogP contribution in [0.1, 0.15) is 21.5 Å². The van der Waals surface area contributed by atoms with Crippen LogP contribution >= 0.6 is 15.9 Å². The molecule has 0 bridgehead atoms. The zero-order valence-corrected chi connectivity index (χ0v) is 18.1. The highest BCUT2D eigenvalue weighted by Gasteiger charge is 2.23. The molecule has 1 aliphatic rings. The fourth-order valence-corrected chi connectivity index (χ4v) is 3.70. The van der Waals surface area contributed by atoms with Gasteiger partial charge in [0.25, 0.3) is 11.6 Å². The van der Waals surface area contributed by atoms with Gasteiger partial charge in [-0.05, 0) is 40.5 Å². The van der Waals surface area contributed by atoms with Crippen molar-refractivity contribution < 1.29 is 19.2 Å². The Balaban J connectivity index is 1.47. The van der Waals surface area contributed by atoms with E-state index in [1.807, 2.05) is 6.07 Å². The van der Waals surface area contributed by atoms with Gasteiger partial charge in [-0.3, -0.25) is 19.8 Å². The lowest BCUT2D eigenvalue weighted by Gasteiger charge is -2.34. The molecule has 30 heavy (non-hydrogen) atoms. The lowest BCUT2D eigenvalue weighted by atomic mass is 10.1. The summed E-state index contributed by atoms with van der Waals surface area (Å²) in [7, 11) is 0. The third kappa shape index (κ3) is 5.64. The van der Waals surface area contributed by atoms with E-state index in [2.05, 4.69) is 46.0 Å². The van der Waals surface area contributed by atoms with Crippen LogP contribution in [0.4, 0.5) is 5.69 Å². The van der Waals surface area contributed by atoms with Crippen LogP contribution in [-0.4, -0.2) is 59.4 Å². The minimum absolute atomic E-state index is 0.0284. The fraction of sp³-hybridized carbons (Fsp3) is 0.333. The van der Waals surface area contributed by atoms with E-state index in [1.54, 1.807) is 4.90 Å². The summed E-state index contributed by atoms with van der Waals surface area (Å²) in [4.78, 5) is 38.9. The second-order valence-electron chi connectivity index (χ2n) is 7.15. The SMILES string of the molecule is Cc1cccc(CN2CCN(C(=O)COC(=O)c3ccc(Br)c([N+](=O)[O-])c3)CC2)c1. The molecule has 1 heterocycles. The van der Waals surface area contributed by atoms with Crippen LogP contribution in [0, 0.1) is 17.0 Å². The van der Waals surface area contributed by atoms with Gasteiger partial charge in [0.05, 0.1) is 15.0 Å². The Morgan fingerprint density at radius 2 is 1.87 bits per heavy atom. The number of rotatable bonds is 6. The van der Waals surface area contributed by atoms with Crippen molar-refractivity contribution in [3.63, 3.8) is 0 Å². The summed E-state index contributed by atoms with van der Waals surface area (Å²) in [5.74, 6) is -1.04. The average Bonchev–Trinajstić information content (AvgIpc) is 2.72. The van der Waals surface area contributed by atoms with Gasteiger partial charge in [-0.1, -0.05) is 29.8 Å². The Kier molecular flexibility index (Phi) is 7.17. The molecule has 2 aromatic carbocycles. The number of ether oxygens (including phenoxy) is 1. The molecule has 3 rings (SSSR count). The van der Waals surface area contributed by atoms with E-state index in [0.29, 0.717) is 13.1 Å². The van der Waals surface area contributed by atoms with Crippen LogP contribution in [0.15, 0.2) is 46.9 Å². The van der Waals surface area contributed by atoms with Crippen molar-refractivity contribution >= 4 is 33.5 Å². The maximum atomic E-state index is 12.4. The minimum atomic E-state index is -0.767. The molecule has 0 spiro atoms. The number of aryl methyl sites for hydroxylation is 1. The number of amides is 1. The van der Waals surface area contributed by atoms with Gasteiger partial charge in [0.1, 0.15) is 0 Å². The van der Waals surface area contributed by atoms with Crippen LogP contribution in [0.25, 0.3) is 0 Å². The highest BCUT2D eigenvalue weighted by molar-refractivity contribution is 9.10. The molecule has 1 aliphatic heterocycles. The Hall–Kier alpha value is -2.78. The smallest absolute Gasteiger partial charge is 0.338 e. The minimum Gasteiger partial charge on any atom is -0.452 e. The van der Waals surface area contributed by atoms with Crippen molar-refractivity contribution in [2.75, 3.05) is 32.8 Å². The Morgan fingerprint density at radius 1 is 1.13 bits per heavy atom. The zero-order valence-electron chi connectivity index (χ0n) is 16.5. The number of nitrogens with zero attached hydrogens (tertiary/aromatic N) is 3. The summed E-state index contributed by atoms with van der Waals surface area (Å²) in [5.41, 5.74) is 2.26. The quantitative estimate of drug-likeness (QED) is 0.361. The number of hydrogen-bond acceptors (Lipinski definition) is 6. The molecule has 8 nitrogen and oxygen atoms in total. The van der Waals surface area contributed by atoms with Crippen molar-refractivity contribution in [2.45, 2.75) is 13.5 Å². The molecule has 158 valence electrons. The predicted octanol–water partition coefficient (Wildman–Crippen LogP) is 3.17. The van der Waals surface area contributed by atoms with Crippen LogP contribution < -0.4 is 0 Å². The Bertz CT molecular complexity index is 957. The normalized spacial score (nSPS) is 14.4. The molecule has 0 aliphatic carbocycles. The van der Waals surface area contributed by atoms with Crippen molar-refractivity contribution in [1.82, 2.24) is 9.80 Å². The van der Waals surface area contributed by atoms with E-state index in [1.165, 1.54) is 23.3 Å². The molecule has 1 saturated heterocycles. The molecular weight excluding hydrogens is 454 g/mol. The molecule has 0 aromatic heterocycles. The van der Waals surface area contributed by atoms with Gasteiger partial charge >= 0.3 is 5.97 Å². The number of carbonyl (C=O) groups is 2. The molecule has 1 amide bonds. The molecule has 1 fully saturated rings. The van der Waals surface area contributed by atoms with Crippen molar-refractivity contribution in [3.05, 3.63) is 73.7 Å². The third-order valence-electron chi connectivity index (χ3n) is 4.92. The summed E-state index contributed by atoms with van der Waals surface area (Å²) < 4.78 is 5.34. The molecular formula is C21H22BrN3O5. The van der Waals surface area contributed by atoms with E-state index in [-0.39, 0.29) is 28.2 Å². The first-order valence-electron chi connectivity index (χ1n) is 9.50. The summed E-state index contributed by atoms with van der Waals surface area (Å²) in [6.45, 7) is 5.12. The third-order valence-corrected chi connectivity index (χ3v) is 5.59. The Morgan fingerprint density at radius 3 is 2.53 bits per heavy atom. The first kappa shape index (κ1) is 21.9. The number of esters is 1. The first-order valence-corrected chi connectivity index (χ1v) is 10.3. The zero-order chi connectivity index (χ0) is 21.7. The van der Waals surface area contributed by atoms with Gasteiger partial charge < -0.3 is 9.64 Å². The largest absolute Gasteiger partial charge is 0.452 e. The number of piperazine rings is 1. The lowest BCUT2D eigenvalue weighted by Crippen LogP contribution is -2.49. The molecule has 2 aromatic rings. The summed E-state index contributed by atoms with van der Waals surface area (Å²) in [6, 6.07) is 12.3. The molecule has 0 radical (unpaired) electrons. The topological polar surface area (TPSA) is 93.0 Å². The number of carbonyl (C=O) groups excluding carboxylic acids is 2. The molecule has 0 unspecified atom stereocenters. The van der Waals surface area contributed by atoms with E-state index < -0.39 is 10.9 Å². The number of benzene rings is 2. The summed E-state index contributed by atoms with van der Waals surface area (Å²) >= 11 is 3.06. The highest BCUT2D eigenvalue weighted by atomic mass is 79.9. The van der Waals surface area contributed by atoms with Gasteiger partial charge in [0, 0.05) is 38.8 Å². The number of nitro groups is 1. The number of nitro benzene ring substituents is 1. The lowest BCUT2D eigenvalue weighted by molar-refractivity contribution is -0.385. The fourth-order valence-electron chi connectivity index (χ4n) is 3.31. The average molecular weight is 476 g/mol. The van der Waals surface area contributed by atoms with Crippen LogP contribution in [0.5, 0.6) is 0 Å². The number of hydrogen-bond donors (Lipinski definition) is 0. The Labute approximate surface area is 182 Å². The summed E-state index contributed by atoms with van der Waals surface area (Å²) in [5, 5.41) is 11.0. The maximum Gasteiger partial charge on any atom is 0.338 e. The van der Waals surface area contributed by atoms with Gasteiger partial charge in [-0.15, -0.1) is 0 Å². The van der Waals surface area contributed by atoms with Crippen molar-refractivity contribution in [3.8, 4) is 0 Å². The second kappa shape index (κ2) is 9.82. The van der Waals surface area contributed by atoms with Crippen LogP contribution in [0.2, 0.25) is 0 Å². The molecule has 0 atom stereocenters. The van der Waals surface area contributed by atoms with Crippen molar-refractivity contribution in [1.29, 1.82) is 0 Å². The van der Waals surface area contributed by atoms with Gasteiger partial charge in [-0.2, -0.15) is 0 Å². The van der Waals surface area contributed by atoms with Crippen LogP contribution in [0.3, 0.4) is 0 Å². The van der Waals surface area contributed by atoms with Crippen LogP contribution in [-0.2, 0) is 16.1 Å². The van der Waals surface area contributed by atoms with E-state index >= 15 is 0 Å². The second-order valence-corrected chi connectivity index (χ2v) is 8.00. The van der Waals surface area contributed by atoms with Gasteiger partial charge in [-0.25, -0.2) is 4.79 Å². The molecule has 0 N–H and O–H groups in total. The standard InChI is InChI=1S/C21H22BrN3O5/c1-15-3-2-4-16(11-15)13-23-7-9-24(10-8-23)20(26)14-30-21(27)17-5-6-18(22)19(12-17)25(28)29/h2-6,11-12H,7-10,13-14H2,1H3. The molecule has 9 heteroatoms. The summed E-state index contributed by atoms with van der Waals surface area (Å²) in [6.07, 6.45) is 0. The van der Waals surface area contributed by atoms with E-state index in [4.69, 9.17) is 4.74 Å². The van der Waals surface area contributed by atoms with Gasteiger partial charge in [0.15, 0.2) is 6.61 Å². The number of halogens is 1. The van der Waals surface area contributed by atoms with Gasteiger partial charge in [0.2, 0.25) is 0 Å². The highest BCUT2D eigenvalue weighted by Crippen LogP contribution is 2.25. The monoisotopic (exact) mass is 475 g/mol.